The molecule has 0 spiro atoms. The molecular weight excluding hydrogens is 283 g/mol. The largest absolute Gasteiger partial charge is 0.394 e. The van der Waals surface area contributed by atoms with Crippen LogP contribution in [0.2, 0.25) is 0 Å². The number of alkyl halides is 1. The van der Waals surface area contributed by atoms with Crippen LogP contribution in [0, 0.1) is 6.92 Å². The van der Waals surface area contributed by atoms with Crippen molar-refractivity contribution < 1.29 is 19.3 Å². The summed E-state index contributed by atoms with van der Waals surface area (Å²) in [6.45, 7) is 2.24. The summed E-state index contributed by atoms with van der Waals surface area (Å²) in [6, 6.07) is 0. The van der Waals surface area contributed by atoms with Gasteiger partial charge in [0.2, 0.25) is 0 Å². The standard InChI is InChI=1S/C12H15FN4O4/c1-5-15-9-7(10(20)16-5)14-4-17(9)11-12(2,13)8(19)6(3-18)21-11/h4,6,8,11,18-19H,3H2,1-2H3,(H,15,16,20). The molecule has 0 saturated carbocycles. The first-order chi connectivity index (χ1) is 9.86. The third-order valence-corrected chi connectivity index (χ3v) is 3.70. The minimum Gasteiger partial charge on any atom is -0.394 e. The third kappa shape index (κ3) is 1.96. The Bertz CT molecular complexity index is 740. The van der Waals surface area contributed by atoms with E-state index in [4.69, 9.17) is 9.84 Å². The first kappa shape index (κ1) is 14.1. The quantitative estimate of drug-likeness (QED) is 0.683. The molecule has 21 heavy (non-hydrogen) atoms. The van der Waals surface area contributed by atoms with E-state index in [0.29, 0.717) is 5.82 Å². The maximum absolute atomic E-state index is 14.7. The van der Waals surface area contributed by atoms with Crippen LogP contribution in [0.15, 0.2) is 11.1 Å². The zero-order valence-electron chi connectivity index (χ0n) is 11.4. The molecule has 1 fully saturated rings. The van der Waals surface area contributed by atoms with E-state index >= 15 is 0 Å². The predicted molar refractivity (Wildman–Crippen MR) is 69.4 cm³/mol. The Morgan fingerprint density at radius 3 is 2.95 bits per heavy atom. The normalized spacial score (nSPS) is 32.9. The second-order valence-corrected chi connectivity index (χ2v) is 5.28. The summed E-state index contributed by atoms with van der Waals surface area (Å²) in [4.78, 5) is 22.3. The Hall–Kier alpha value is -1.84. The molecule has 3 heterocycles. The Morgan fingerprint density at radius 2 is 2.33 bits per heavy atom. The van der Waals surface area contributed by atoms with Crippen LogP contribution in [0.5, 0.6) is 0 Å². The number of hydrogen-bond donors (Lipinski definition) is 3. The molecule has 0 radical (unpaired) electrons. The number of halogens is 1. The van der Waals surface area contributed by atoms with Crippen LogP contribution >= 0.6 is 0 Å². The molecule has 4 unspecified atom stereocenters. The summed E-state index contributed by atoms with van der Waals surface area (Å²) in [5, 5.41) is 19.0. The number of imidazole rings is 1. The van der Waals surface area contributed by atoms with E-state index in [1.807, 2.05) is 0 Å². The van der Waals surface area contributed by atoms with Crippen LogP contribution in [0.4, 0.5) is 4.39 Å². The molecule has 0 bridgehead atoms. The van der Waals surface area contributed by atoms with Gasteiger partial charge in [-0.1, -0.05) is 0 Å². The molecule has 114 valence electrons. The number of ether oxygens (including phenoxy) is 1. The zero-order chi connectivity index (χ0) is 15.4. The molecular formula is C12H15FN4O4. The van der Waals surface area contributed by atoms with Crippen molar-refractivity contribution in [1.29, 1.82) is 0 Å². The number of aromatic nitrogens is 4. The van der Waals surface area contributed by atoms with E-state index in [-0.39, 0.29) is 11.2 Å². The van der Waals surface area contributed by atoms with Crippen molar-refractivity contribution in [3.63, 3.8) is 0 Å². The molecule has 1 saturated heterocycles. The smallest absolute Gasteiger partial charge is 0.279 e. The number of nitrogens with one attached hydrogen (secondary N) is 1. The summed E-state index contributed by atoms with van der Waals surface area (Å²) in [5.41, 5.74) is -2.37. The van der Waals surface area contributed by atoms with Gasteiger partial charge in [-0.15, -0.1) is 0 Å². The topological polar surface area (TPSA) is 113 Å². The van der Waals surface area contributed by atoms with E-state index < -0.39 is 36.3 Å². The van der Waals surface area contributed by atoms with Crippen molar-refractivity contribution in [2.24, 2.45) is 0 Å². The number of aliphatic hydroxyl groups is 2. The molecule has 1 aliphatic heterocycles. The van der Waals surface area contributed by atoms with Gasteiger partial charge in [0, 0.05) is 0 Å². The Labute approximate surface area is 118 Å². The van der Waals surface area contributed by atoms with Crippen LogP contribution in [-0.4, -0.2) is 54.2 Å². The summed E-state index contributed by atoms with van der Waals surface area (Å²) in [5.74, 6) is 0.354. The molecule has 2 aromatic heterocycles. The molecule has 0 amide bonds. The van der Waals surface area contributed by atoms with Gasteiger partial charge in [-0.25, -0.2) is 14.4 Å². The highest BCUT2D eigenvalue weighted by Gasteiger charge is 2.55. The summed E-state index contributed by atoms with van der Waals surface area (Å²) < 4.78 is 21.4. The second kappa shape index (κ2) is 4.58. The number of aromatic amines is 1. The highest BCUT2D eigenvalue weighted by Crippen LogP contribution is 2.41. The molecule has 4 atom stereocenters. The van der Waals surface area contributed by atoms with Gasteiger partial charge < -0.3 is 19.9 Å². The van der Waals surface area contributed by atoms with Gasteiger partial charge in [0.25, 0.3) is 5.56 Å². The fourth-order valence-corrected chi connectivity index (χ4v) is 2.57. The van der Waals surface area contributed by atoms with Crippen LogP contribution in [0.1, 0.15) is 19.0 Å². The van der Waals surface area contributed by atoms with Gasteiger partial charge in [-0.05, 0) is 13.8 Å². The van der Waals surface area contributed by atoms with Gasteiger partial charge in [0.05, 0.1) is 12.9 Å². The Kier molecular flexibility index (Phi) is 3.08. The maximum atomic E-state index is 14.7. The van der Waals surface area contributed by atoms with Crippen LogP contribution in [0.25, 0.3) is 11.2 Å². The lowest BCUT2D eigenvalue weighted by Gasteiger charge is -2.24. The number of hydrogen-bond acceptors (Lipinski definition) is 6. The van der Waals surface area contributed by atoms with Crippen molar-refractivity contribution >= 4 is 11.2 Å². The van der Waals surface area contributed by atoms with Gasteiger partial charge in [-0.3, -0.25) is 9.36 Å². The van der Waals surface area contributed by atoms with Crippen molar-refractivity contribution in [3.8, 4) is 0 Å². The minimum atomic E-state index is -2.15. The second-order valence-electron chi connectivity index (χ2n) is 5.28. The predicted octanol–water partition coefficient (Wildman–Crippen LogP) is -0.593. The molecule has 1 aliphatic rings. The Morgan fingerprint density at radius 1 is 1.62 bits per heavy atom. The fourth-order valence-electron chi connectivity index (χ4n) is 2.57. The molecule has 0 aliphatic carbocycles. The van der Waals surface area contributed by atoms with E-state index in [0.717, 1.165) is 0 Å². The lowest BCUT2D eigenvalue weighted by molar-refractivity contribution is -0.0567. The lowest BCUT2D eigenvalue weighted by Crippen LogP contribution is -2.40. The van der Waals surface area contributed by atoms with E-state index in [1.165, 1.54) is 17.8 Å². The fraction of sp³-hybridized carbons (Fsp3) is 0.583. The monoisotopic (exact) mass is 298 g/mol. The van der Waals surface area contributed by atoms with Crippen molar-refractivity contribution in [3.05, 3.63) is 22.5 Å². The Balaban J connectivity index is 2.15. The molecule has 0 aromatic carbocycles. The minimum absolute atomic E-state index is 0.0574. The highest BCUT2D eigenvalue weighted by atomic mass is 19.1. The summed E-state index contributed by atoms with van der Waals surface area (Å²) >= 11 is 0. The highest BCUT2D eigenvalue weighted by molar-refractivity contribution is 5.69. The third-order valence-electron chi connectivity index (χ3n) is 3.70. The van der Waals surface area contributed by atoms with Crippen LogP contribution in [-0.2, 0) is 4.74 Å². The van der Waals surface area contributed by atoms with E-state index in [2.05, 4.69) is 15.0 Å². The molecule has 9 heteroatoms. The number of nitrogens with zero attached hydrogens (tertiary/aromatic N) is 3. The van der Waals surface area contributed by atoms with Crippen LogP contribution < -0.4 is 5.56 Å². The average molecular weight is 298 g/mol. The van der Waals surface area contributed by atoms with E-state index in [9.17, 15) is 14.3 Å². The number of aryl methyl sites for hydroxylation is 1. The maximum Gasteiger partial charge on any atom is 0.279 e. The van der Waals surface area contributed by atoms with Crippen molar-refractivity contribution in [1.82, 2.24) is 19.5 Å². The number of fused-ring (bicyclic) bond motifs is 1. The zero-order valence-corrected chi connectivity index (χ0v) is 11.4. The van der Waals surface area contributed by atoms with E-state index in [1.54, 1.807) is 6.92 Å². The number of H-pyrrole nitrogens is 1. The van der Waals surface area contributed by atoms with Crippen molar-refractivity contribution in [2.45, 2.75) is 38.0 Å². The summed E-state index contributed by atoms with van der Waals surface area (Å²) in [7, 11) is 0. The van der Waals surface area contributed by atoms with Gasteiger partial charge in [-0.2, -0.15) is 0 Å². The number of aliphatic hydroxyl groups excluding tert-OH is 2. The lowest BCUT2D eigenvalue weighted by atomic mass is 9.98. The SMILES string of the molecule is Cc1nc2c(ncn2C2OC(CO)C(O)C2(C)F)c(=O)[nH]1. The van der Waals surface area contributed by atoms with Crippen LogP contribution in [0.3, 0.4) is 0 Å². The number of rotatable bonds is 2. The molecule has 2 aromatic rings. The molecule has 3 N–H and O–H groups in total. The molecule has 3 rings (SSSR count). The average Bonchev–Trinajstić information content (AvgIpc) is 2.91. The van der Waals surface area contributed by atoms with Gasteiger partial charge in [0.15, 0.2) is 23.1 Å². The van der Waals surface area contributed by atoms with Crippen molar-refractivity contribution in [2.75, 3.05) is 6.61 Å². The first-order valence-electron chi connectivity index (χ1n) is 6.43. The van der Waals surface area contributed by atoms with Gasteiger partial charge in [0.1, 0.15) is 18.0 Å². The summed E-state index contributed by atoms with van der Waals surface area (Å²) in [6.07, 6.45) is -2.54. The van der Waals surface area contributed by atoms with Gasteiger partial charge >= 0.3 is 0 Å². The molecule has 8 nitrogen and oxygen atoms in total. The first-order valence-corrected chi connectivity index (χ1v) is 6.43.